The first-order chi connectivity index (χ1) is 11.2. The second-order valence-electron chi connectivity index (χ2n) is 4.93. The fourth-order valence-corrected chi connectivity index (χ4v) is 4.32. The van der Waals surface area contributed by atoms with Crippen molar-refractivity contribution in [3.63, 3.8) is 0 Å². The van der Waals surface area contributed by atoms with Crippen molar-refractivity contribution in [3.8, 4) is 0 Å². The predicted octanol–water partition coefficient (Wildman–Crippen LogP) is 2.93. The molecule has 0 amide bonds. The zero-order valence-corrected chi connectivity index (χ0v) is 16.7. The molecule has 2 rings (SSSR count). The number of hydrogen-bond acceptors (Lipinski definition) is 0. The fraction of sp³-hybridized carbons (Fsp3) is 0.333. The summed E-state index contributed by atoms with van der Waals surface area (Å²) in [7, 11) is 0. The van der Waals surface area contributed by atoms with Crippen molar-refractivity contribution < 1.29 is 64.4 Å². The molecule has 0 nitrogen and oxygen atoms in total. The van der Waals surface area contributed by atoms with Gasteiger partial charge in [-0.3, -0.25) is 0 Å². The van der Waals surface area contributed by atoms with Crippen LogP contribution < -0.4 is 21.2 Å². The molecule has 0 aromatic heterocycles. The van der Waals surface area contributed by atoms with Crippen molar-refractivity contribution >= 4 is 19.5 Å². The number of rotatable bonds is 2. The van der Waals surface area contributed by atoms with Crippen molar-refractivity contribution in [3.05, 3.63) is 46.1 Å². The molecule has 0 spiro atoms. The van der Waals surface area contributed by atoms with Crippen molar-refractivity contribution in [2.45, 2.75) is 21.7 Å². The van der Waals surface area contributed by atoms with Crippen LogP contribution in [0.3, 0.4) is 0 Å². The van der Waals surface area contributed by atoms with Crippen molar-refractivity contribution in [2.75, 3.05) is 0 Å². The normalized spacial score (nSPS) is 29.8. The summed E-state index contributed by atoms with van der Waals surface area (Å²) in [5, 5.41) is 0. The van der Waals surface area contributed by atoms with Gasteiger partial charge in [0.15, 0.2) is 9.74 Å². The second kappa shape index (κ2) is 6.34. The van der Waals surface area contributed by atoms with Crippen molar-refractivity contribution in [1.29, 1.82) is 0 Å². The fourth-order valence-electron chi connectivity index (χ4n) is 1.55. The maximum absolute atomic E-state index is 14.3. The van der Waals surface area contributed by atoms with E-state index < -0.39 is 62.4 Å². The molecule has 0 saturated heterocycles. The molecule has 1 aliphatic rings. The Morgan fingerprint density at radius 2 is 1.23 bits per heavy atom. The van der Waals surface area contributed by atoms with Crippen LogP contribution in [0.4, 0.5) is 43.2 Å². The van der Waals surface area contributed by atoms with Gasteiger partial charge in [0.1, 0.15) is 0 Å². The first-order valence-electron chi connectivity index (χ1n) is 6.21. The second-order valence-corrected chi connectivity index (χ2v) is 13.8. The van der Waals surface area contributed by atoms with Crippen LogP contribution in [0, 0.1) is 3.57 Å². The van der Waals surface area contributed by atoms with Gasteiger partial charge in [-0.1, -0.05) is 18.2 Å². The third-order valence-electron chi connectivity index (χ3n) is 2.64. The van der Waals surface area contributed by atoms with E-state index in [2.05, 4.69) is 0 Å². The van der Waals surface area contributed by atoms with Gasteiger partial charge >= 0.3 is 73.1 Å². The summed E-state index contributed by atoms with van der Waals surface area (Å²) in [5.74, 6) is -10.1. The van der Waals surface area contributed by atoms with Crippen LogP contribution in [-0.4, -0.2) is 41.2 Å². The van der Waals surface area contributed by atoms with E-state index in [1.165, 1.54) is 24.3 Å². The standard InChI is InChI=1S/C12H8F6I.6FH.Sb/c13-9-6-7-10(14,12(17,18)11(9,15)16)19-8-4-2-1-3-5-8;;;;;;;/h1-7,9H;6*1H;/q+1;;;;;;;+5/p-6. The van der Waals surface area contributed by atoms with E-state index in [0.29, 0.717) is 0 Å². The molecule has 14 heteroatoms. The quantitative estimate of drug-likeness (QED) is 0.156. The topological polar surface area (TPSA) is 0 Å². The molecule has 152 valence electrons. The summed E-state index contributed by atoms with van der Waals surface area (Å²) >= 11 is -13.3. The van der Waals surface area contributed by atoms with Gasteiger partial charge in [-0.05, 0) is 18.2 Å². The number of benzene rings is 1. The van der Waals surface area contributed by atoms with Crippen LogP contribution in [0.25, 0.3) is 0 Å². The summed E-state index contributed by atoms with van der Waals surface area (Å²) in [6.45, 7) is 0. The van der Waals surface area contributed by atoms with E-state index in [-0.39, 0.29) is 15.7 Å². The summed E-state index contributed by atoms with van der Waals surface area (Å²) in [5.41, 5.74) is 0. The molecular formula is C12H8F12ISb. The van der Waals surface area contributed by atoms with Crippen LogP contribution >= 0.6 is 0 Å². The van der Waals surface area contributed by atoms with Crippen LogP contribution in [-0.2, 0) is 0 Å². The van der Waals surface area contributed by atoms with Gasteiger partial charge in [0.25, 0.3) is 0 Å². The average molecular weight is 629 g/mol. The molecule has 1 aromatic carbocycles. The summed E-state index contributed by atoms with van der Waals surface area (Å²) in [6, 6.07) is 7.37. The van der Waals surface area contributed by atoms with Gasteiger partial charge in [-0.2, -0.15) is 22.0 Å². The zero-order chi connectivity index (χ0) is 20.7. The third kappa shape index (κ3) is 6.68. The van der Waals surface area contributed by atoms with Gasteiger partial charge in [-0.15, -0.1) is 0 Å². The molecule has 0 aliphatic heterocycles. The summed E-state index contributed by atoms with van der Waals surface area (Å²) in [6.07, 6.45) is -2.75. The SMILES string of the molecule is FC1C=CC(F)([I+]c2ccccc2)C(F)(F)C1(F)F.[F][Sb-]([F])([F])([F])([F])[F]. The number of alkyl halides is 7. The van der Waals surface area contributed by atoms with Gasteiger partial charge in [0.2, 0.25) is 0 Å². The van der Waals surface area contributed by atoms with Crippen LogP contribution in [0.5, 0.6) is 0 Å². The van der Waals surface area contributed by atoms with Crippen molar-refractivity contribution in [1.82, 2.24) is 0 Å². The molecule has 0 N–H and O–H groups in total. The molecular weight excluding hydrogens is 621 g/mol. The number of halogens is 13. The molecule has 0 heterocycles. The van der Waals surface area contributed by atoms with E-state index >= 15 is 0 Å². The molecule has 0 bridgehead atoms. The molecule has 2 unspecified atom stereocenters. The van der Waals surface area contributed by atoms with Gasteiger partial charge in [-0.25, -0.2) is 4.39 Å². The Morgan fingerprint density at radius 3 is 1.65 bits per heavy atom. The Kier molecular flexibility index (Phi) is 5.79. The monoisotopic (exact) mass is 628 g/mol. The van der Waals surface area contributed by atoms with E-state index in [9.17, 15) is 43.2 Å². The Balaban J connectivity index is 0.000000412. The van der Waals surface area contributed by atoms with E-state index in [1.54, 1.807) is 6.07 Å². The van der Waals surface area contributed by atoms with Crippen LogP contribution in [0.2, 0.25) is 0 Å². The zero-order valence-electron chi connectivity index (χ0n) is 12.0. The van der Waals surface area contributed by atoms with Gasteiger partial charge < -0.3 is 0 Å². The van der Waals surface area contributed by atoms with Gasteiger partial charge in [0, 0.05) is 6.08 Å². The van der Waals surface area contributed by atoms with Crippen molar-refractivity contribution in [2.24, 2.45) is 0 Å². The molecule has 26 heavy (non-hydrogen) atoms. The minimum absolute atomic E-state index is 0.181. The Labute approximate surface area is 151 Å². The first-order valence-corrected chi connectivity index (χ1v) is 14.2. The summed E-state index contributed by atoms with van der Waals surface area (Å²) < 4.78 is 137. The number of hydrogen-bond donors (Lipinski definition) is 0. The Hall–Kier alpha value is -0.332. The molecule has 0 fully saturated rings. The van der Waals surface area contributed by atoms with E-state index in [4.69, 9.17) is 0 Å². The maximum atomic E-state index is 14.3. The predicted molar refractivity (Wildman–Crippen MR) is 65.3 cm³/mol. The Bertz CT molecular complexity index is 657. The first kappa shape index (κ1) is 23.7. The molecule has 0 radical (unpaired) electrons. The number of allylic oxidation sites excluding steroid dienone is 2. The van der Waals surface area contributed by atoms with Gasteiger partial charge in [0.05, 0.1) is 0 Å². The Morgan fingerprint density at radius 1 is 0.808 bits per heavy atom. The molecule has 1 aliphatic carbocycles. The molecule has 1 aromatic rings. The average Bonchev–Trinajstić information content (AvgIpc) is 2.40. The van der Waals surface area contributed by atoms with E-state index in [1.807, 2.05) is 0 Å². The molecule has 2 atom stereocenters. The van der Waals surface area contributed by atoms with Crippen LogP contribution in [0.1, 0.15) is 0 Å². The molecule has 0 saturated carbocycles. The third-order valence-corrected chi connectivity index (χ3v) is 5.80. The van der Waals surface area contributed by atoms with E-state index in [0.717, 1.165) is 0 Å². The minimum atomic E-state index is -11.2. The van der Waals surface area contributed by atoms with Crippen LogP contribution in [0.15, 0.2) is 42.5 Å². The summed E-state index contributed by atoms with van der Waals surface area (Å²) in [4.78, 5) is 0.